The van der Waals surface area contributed by atoms with E-state index in [1.165, 1.54) is 7.05 Å². The minimum Gasteiger partial charge on any atom is -0.368 e. The second-order valence-electron chi connectivity index (χ2n) is 3.80. The number of nitrogens with one attached hydrogen (secondary N) is 1. The van der Waals surface area contributed by atoms with E-state index in [2.05, 4.69) is 20.4 Å². The first-order valence-electron chi connectivity index (χ1n) is 5.32. The summed E-state index contributed by atoms with van der Waals surface area (Å²) in [6.07, 6.45) is 0. The van der Waals surface area contributed by atoms with Gasteiger partial charge in [0.25, 0.3) is 5.91 Å². The number of hydrogen-bond donors (Lipinski definition) is 2. The predicted molar refractivity (Wildman–Crippen MR) is 64.8 cm³/mol. The zero-order valence-electron chi connectivity index (χ0n) is 10.3. The van der Waals surface area contributed by atoms with Crippen LogP contribution in [-0.4, -0.2) is 28.1 Å². The molecule has 0 aromatic carbocycles. The fourth-order valence-electron chi connectivity index (χ4n) is 1.64. The lowest BCUT2D eigenvalue weighted by molar-refractivity contribution is 0.0962. The number of carbonyl (C=O) groups excluding carboxylic acids is 1. The van der Waals surface area contributed by atoms with Gasteiger partial charge in [-0.3, -0.25) is 4.79 Å². The topological polar surface area (TPSA) is 107 Å². The van der Waals surface area contributed by atoms with Crippen LogP contribution < -0.4 is 11.1 Å². The van der Waals surface area contributed by atoms with Gasteiger partial charge in [0.05, 0.1) is 17.0 Å². The zero-order valence-corrected chi connectivity index (χ0v) is 10.3. The number of nitrogens with two attached hydrogens (primary N) is 1. The van der Waals surface area contributed by atoms with Crippen molar-refractivity contribution < 1.29 is 9.32 Å². The van der Waals surface area contributed by atoms with Crippen LogP contribution in [-0.2, 0) is 0 Å². The quantitative estimate of drug-likeness (QED) is 0.808. The van der Waals surface area contributed by atoms with Crippen molar-refractivity contribution in [1.82, 2.24) is 20.4 Å². The molecular formula is C11H13N5O2. The summed E-state index contributed by atoms with van der Waals surface area (Å²) in [7, 11) is 1.54. The van der Waals surface area contributed by atoms with Crippen LogP contribution in [0.3, 0.4) is 0 Å². The van der Waals surface area contributed by atoms with Crippen LogP contribution in [0.5, 0.6) is 0 Å². The molecule has 2 aromatic heterocycles. The van der Waals surface area contributed by atoms with Crippen LogP contribution in [0, 0.1) is 13.8 Å². The average Bonchev–Trinajstić information content (AvgIpc) is 2.74. The lowest BCUT2D eigenvalue weighted by Crippen LogP contribution is -2.21. The maximum absolute atomic E-state index is 11.9. The van der Waals surface area contributed by atoms with Crippen LogP contribution in [0.4, 0.5) is 5.95 Å². The van der Waals surface area contributed by atoms with E-state index in [9.17, 15) is 4.79 Å². The number of nitrogen functional groups attached to an aromatic ring is 1. The van der Waals surface area contributed by atoms with Gasteiger partial charge in [0.2, 0.25) is 5.95 Å². The SMILES string of the molecule is CNC(=O)c1c(C)nc(N)nc1-c1cc(C)no1. The minimum absolute atomic E-state index is 0.0872. The Morgan fingerprint density at radius 3 is 2.67 bits per heavy atom. The standard InChI is InChI=1S/C11H13N5O2/c1-5-4-7(18-16-5)9-8(10(17)13-3)6(2)14-11(12)15-9/h4H,1-3H3,(H,13,17)(H2,12,14,15). The zero-order chi connectivity index (χ0) is 13.3. The van der Waals surface area contributed by atoms with Crippen molar-refractivity contribution in [1.29, 1.82) is 0 Å². The number of hydrogen-bond acceptors (Lipinski definition) is 6. The van der Waals surface area contributed by atoms with E-state index in [0.717, 1.165) is 0 Å². The highest BCUT2D eigenvalue weighted by atomic mass is 16.5. The van der Waals surface area contributed by atoms with Gasteiger partial charge < -0.3 is 15.6 Å². The summed E-state index contributed by atoms with van der Waals surface area (Å²) in [6.45, 7) is 3.47. The molecule has 2 rings (SSSR count). The highest BCUT2D eigenvalue weighted by Gasteiger charge is 2.21. The number of carbonyl (C=O) groups is 1. The highest BCUT2D eigenvalue weighted by molar-refractivity contribution is 6.00. The Balaban J connectivity index is 2.68. The van der Waals surface area contributed by atoms with Crippen molar-refractivity contribution in [2.45, 2.75) is 13.8 Å². The van der Waals surface area contributed by atoms with E-state index < -0.39 is 0 Å². The van der Waals surface area contributed by atoms with E-state index in [4.69, 9.17) is 10.3 Å². The molecule has 94 valence electrons. The van der Waals surface area contributed by atoms with Crippen molar-refractivity contribution >= 4 is 11.9 Å². The molecule has 7 heteroatoms. The Bertz CT molecular complexity index is 605. The third-order valence-corrected chi connectivity index (χ3v) is 2.42. The first kappa shape index (κ1) is 12.0. The summed E-state index contributed by atoms with van der Waals surface area (Å²) in [4.78, 5) is 19.9. The molecule has 0 fully saturated rings. The van der Waals surface area contributed by atoms with Gasteiger partial charge >= 0.3 is 0 Å². The Kier molecular flexibility index (Phi) is 2.97. The summed E-state index contributed by atoms with van der Waals surface area (Å²) in [6, 6.07) is 1.69. The predicted octanol–water partition coefficient (Wildman–Crippen LogP) is 0.690. The number of aryl methyl sites for hydroxylation is 2. The van der Waals surface area contributed by atoms with Crippen LogP contribution in [0.25, 0.3) is 11.5 Å². The molecule has 0 radical (unpaired) electrons. The third kappa shape index (κ3) is 2.02. The maximum Gasteiger partial charge on any atom is 0.255 e. The molecule has 3 N–H and O–H groups in total. The molecule has 2 heterocycles. The number of amides is 1. The lowest BCUT2D eigenvalue weighted by atomic mass is 10.1. The van der Waals surface area contributed by atoms with Gasteiger partial charge in [-0.15, -0.1) is 0 Å². The number of rotatable bonds is 2. The normalized spacial score (nSPS) is 10.4. The van der Waals surface area contributed by atoms with Crippen LogP contribution in [0.15, 0.2) is 10.6 Å². The summed E-state index contributed by atoms with van der Waals surface area (Å²) < 4.78 is 5.12. The van der Waals surface area contributed by atoms with Gasteiger partial charge in [-0.25, -0.2) is 9.97 Å². The van der Waals surface area contributed by atoms with Gasteiger partial charge in [-0.1, -0.05) is 5.16 Å². The van der Waals surface area contributed by atoms with Gasteiger partial charge in [0, 0.05) is 13.1 Å². The average molecular weight is 247 g/mol. The number of aromatic nitrogens is 3. The molecule has 0 aliphatic heterocycles. The van der Waals surface area contributed by atoms with Crippen molar-refractivity contribution in [3.63, 3.8) is 0 Å². The van der Waals surface area contributed by atoms with E-state index in [1.807, 2.05) is 0 Å². The fraction of sp³-hybridized carbons (Fsp3) is 0.273. The van der Waals surface area contributed by atoms with E-state index >= 15 is 0 Å². The van der Waals surface area contributed by atoms with Gasteiger partial charge in [-0.05, 0) is 13.8 Å². The molecule has 1 amide bonds. The van der Waals surface area contributed by atoms with Crippen LogP contribution in [0.2, 0.25) is 0 Å². The molecule has 0 unspecified atom stereocenters. The molecule has 2 aromatic rings. The van der Waals surface area contributed by atoms with Gasteiger partial charge in [-0.2, -0.15) is 0 Å². The van der Waals surface area contributed by atoms with Crippen molar-refractivity contribution in [3.8, 4) is 11.5 Å². The summed E-state index contributed by atoms with van der Waals surface area (Å²) in [5.41, 5.74) is 7.47. The second kappa shape index (κ2) is 4.44. The Morgan fingerprint density at radius 2 is 2.11 bits per heavy atom. The first-order valence-corrected chi connectivity index (χ1v) is 5.32. The monoisotopic (exact) mass is 247 g/mol. The molecule has 0 saturated heterocycles. The smallest absolute Gasteiger partial charge is 0.255 e. The molecule has 0 atom stereocenters. The molecule has 18 heavy (non-hydrogen) atoms. The Hall–Kier alpha value is -2.44. The summed E-state index contributed by atoms with van der Waals surface area (Å²) >= 11 is 0. The van der Waals surface area contributed by atoms with Gasteiger partial charge in [0.15, 0.2) is 5.76 Å². The number of nitrogens with zero attached hydrogens (tertiary/aromatic N) is 3. The van der Waals surface area contributed by atoms with Crippen LogP contribution in [0.1, 0.15) is 21.7 Å². The fourth-order valence-corrected chi connectivity index (χ4v) is 1.64. The third-order valence-electron chi connectivity index (χ3n) is 2.42. The molecule has 0 bridgehead atoms. The number of anilines is 1. The summed E-state index contributed by atoms with van der Waals surface area (Å²) in [5.74, 6) is 0.184. The Morgan fingerprint density at radius 1 is 1.39 bits per heavy atom. The lowest BCUT2D eigenvalue weighted by Gasteiger charge is -2.08. The first-order chi connectivity index (χ1) is 8.52. The second-order valence-corrected chi connectivity index (χ2v) is 3.80. The molecular weight excluding hydrogens is 234 g/mol. The molecule has 0 aliphatic carbocycles. The maximum atomic E-state index is 11.9. The van der Waals surface area contributed by atoms with Crippen LogP contribution >= 0.6 is 0 Å². The molecule has 0 spiro atoms. The van der Waals surface area contributed by atoms with E-state index in [-0.39, 0.29) is 11.9 Å². The summed E-state index contributed by atoms with van der Waals surface area (Å²) in [5, 5.41) is 6.31. The van der Waals surface area contributed by atoms with Crippen molar-refractivity contribution in [3.05, 3.63) is 23.0 Å². The van der Waals surface area contributed by atoms with E-state index in [1.54, 1.807) is 19.9 Å². The van der Waals surface area contributed by atoms with Crippen molar-refractivity contribution in [2.75, 3.05) is 12.8 Å². The molecule has 7 nitrogen and oxygen atoms in total. The minimum atomic E-state index is -0.295. The van der Waals surface area contributed by atoms with Gasteiger partial charge in [0.1, 0.15) is 5.69 Å². The van der Waals surface area contributed by atoms with Crippen molar-refractivity contribution in [2.24, 2.45) is 0 Å². The largest absolute Gasteiger partial charge is 0.368 e. The molecule has 0 aliphatic rings. The Labute approximate surface area is 103 Å². The highest BCUT2D eigenvalue weighted by Crippen LogP contribution is 2.24. The van der Waals surface area contributed by atoms with E-state index in [0.29, 0.717) is 28.4 Å². The molecule has 0 saturated carbocycles.